The van der Waals surface area contributed by atoms with Crippen LogP contribution in [0.2, 0.25) is 0 Å². The summed E-state index contributed by atoms with van der Waals surface area (Å²) in [5.41, 5.74) is 1.30. The van der Waals surface area contributed by atoms with Gasteiger partial charge < -0.3 is 14.6 Å². The topological polar surface area (TPSA) is 111 Å². The second-order valence-corrected chi connectivity index (χ2v) is 10.2. The van der Waals surface area contributed by atoms with Crippen LogP contribution in [0.4, 0.5) is 0 Å². The molecule has 1 heterocycles. The van der Waals surface area contributed by atoms with E-state index in [0.29, 0.717) is 23.6 Å². The van der Waals surface area contributed by atoms with Gasteiger partial charge in [-0.1, -0.05) is 24.3 Å². The molecular formula is C25H30N4O5S. The molecular weight excluding hydrogens is 468 g/mol. The molecule has 1 atom stereocenters. The van der Waals surface area contributed by atoms with E-state index in [0.717, 1.165) is 5.56 Å². The summed E-state index contributed by atoms with van der Waals surface area (Å²) in [6.45, 7) is 1.59. The highest BCUT2D eigenvalue weighted by Crippen LogP contribution is 2.23. The molecule has 3 rings (SSSR count). The molecule has 0 bridgehead atoms. The molecule has 0 spiro atoms. The van der Waals surface area contributed by atoms with Crippen LogP contribution in [-0.2, 0) is 21.9 Å². The van der Waals surface area contributed by atoms with E-state index in [1.165, 1.54) is 42.5 Å². The number of nitrogens with zero attached hydrogens (tertiary/aromatic N) is 3. The first-order valence-electron chi connectivity index (χ1n) is 11.1. The Morgan fingerprint density at radius 1 is 1.11 bits per heavy atom. The molecule has 0 saturated carbocycles. The number of nitrogens with one attached hydrogen (secondary N) is 1. The summed E-state index contributed by atoms with van der Waals surface area (Å²) in [6, 6.07) is 12.7. The number of hydrogen-bond donors (Lipinski definition) is 1. The summed E-state index contributed by atoms with van der Waals surface area (Å²) in [4.78, 5) is 28.7. The van der Waals surface area contributed by atoms with Gasteiger partial charge in [-0.05, 0) is 43.2 Å². The van der Waals surface area contributed by atoms with Gasteiger partial charge in [0.25, 0.3) is 0 Å². The molecule has 10 heteroatoms. The van der Waals surface area contributed by atoms with Crippen molar-refractivity contribution in [2.45, 2.75) is 30.7 Å². The van der Waals surface area contributed by atoms with Crippen molar-refractivity contribution < 1.29 is 22.7 Å². The number of rotatable bonds is 11. The van der Waals surface area contributed by atoms with Gasteiger partial charge in [0, 0.05) is 45.0 Å². The van der Waals surface area contributed by atoms with Crippen molar-refractivity contribution in [3.63, 3.8) is 0 Å². The SMILES string of the molecule is COc1ccc([C@H](NC(=O)CCCN(C)S(=O)(=O)c2ccc(C(C)=O)cc2)c2nccn2C)cc1. The van der Waals surface area contributed by atoms with Crippen molar-refractivity contribution >= 4 is 21.7 Å². The van der Waals surface area contributed by atoms with Crippen LogP contribution in [0.5, 0.6) is 5.75 Å². The number of hydrogen-bond acceptors (Lipinski definition) is 6. The van der Waals surface area contributed by atoms with Crippen LogP contribution in [0.15, 0.2) is 65.8 Å². The van der Waals surface area contributed by atoms with Gasteiger partial charge in [0.05, 0.1) is 12.0 Å². The Bertz CT molecular complexity index is 1270. The molecule has 35 heavy (non-hydrogen) atoms. The highest BCUT2D eigenvalue weighted by atomic mass is 32.2. The van der Waals surface area contributed by atoms with Gasteiger partial charge in [-0.25, -0.2) is 17.7 Å². The quantitative estimate of drug-likeness (QED) is 0.407. The predicted octanol–water partition coefficient (Wildman–Crippen LogP) is 2.94. The zero-order chi connectivity index (χ0) is 25.6. The van der Waals surface area contributed by atoms with Crippen LogP contribution >= 0.6 is 0 Å². The summed E-state index contributed by atoms with van der Waals surface area (Å²) in [6.07, 6.45) is 3.95. The molecule has 0 aliphatic heterocycles. The first kappa shape index (κ1) is 26.1. The number of aromatic nitrogens is 2. The van der Waals surface area contributed by atoms with Crippen molar-refractivity contribution in [3.05, 3.63) is 77.9 Å². The number of benzene rings is 2. The van der Waals surface area contributed by atoms with E-state index in [4.69, 9.17) is 4.74 Å². The standard InChI is InChI=1S/C25H30N4O5S/c1-18(30)19-9-13-22(14-10-19)35(32,33)29(3)16-5-6-23(31)27-24(25-26-15-17-28(25)2)20-7-11-21(34-4)12-8-20/h7-15,17,24H,5-6,16H2,1-4H3,(H,27,31)/t24-/m0/s1. The first-order chi connectivity index (χ1) is 16.6. The number of imidazole rings is 1. The number of aryl methyl sites for hydroxylation is 1. The fourth-order valence-electron chi connectivity index (χ4n) is 3.61. The first-order valence-corrected chi connectivity index (χ1v) is 12.6. The van der Waals surface area contributed by atoms with Gasteiger partial charge in [-0.2, -0.15) is 0 Å². The fourth-order valence-corrected chi connectivity index (χ4v) is 4.82. The number of ketones is 1. The lowest BCUT2D eigenvalue weighted by Gasteiger charge is -2.20. The summed E-state index contributed by atoms with van der Waals surface area (Å²) in [5.74, 6) is 1.04. The molecule has 3 aromatic rings. The summed E-state index contributed by atoms with van der Waals surface area (Å²) >= 11 is 0. The normalized spacial score (nSPS) is 12.4. The molecule has 9 nitrogen and oxygen atoms in total. The number of carbonyl (C=O) groups is 2. The van der Waals surface area contributed by atoms with Crippen molar-refractivity contribution in [1.82, 2.24) is 19.2 Å². The lowest BCUT2D eigenvalue weighted by Crippen LogP contribution is -2.32. The van der Waals surface area contributed by atoms with Gasteiger partial charge in [-0.15, -0.1) is 0 Å². The van der Waals surface area contributed by atoms with Crippen molar-refractivity contribution in [2.24, 2.45) is 7.05 Å². The largest absolute Gasteiger partial charge is 0.497 e. The third-order valence-electron chi connectivity index (χ3n) is 5.72. The van der Waals surface area contributed by atoms with E-state index in [-0.39, 0.29) is 29.6 Å². The third-order valence-corrected chi connectivity index (χ3v) is 7.59. The van der Waals surface area contributed by atoms with Gasteiger partial charge in [0.15, 0.2) is 5.78 Å². The number of Topliss-reactive ketones (excluding diaryl/α,β-unsaturated/α-hetero) is 1. The zero-order valence-corrected chi connectivity index (χ0v) is 21.1. The maximum Gasteiger partial charge on any atom is 0.242 e. The Morgan fingerprint density at radius 3 is 2.31 bits per heavy atom. The Hall–Kier alpha value is -3.50. The highest BCUT2D eigenvalue weighted by Gasteiger charge is 2.23. The monoisotopic (exact) mass is 498 g/mol. The second kappa shape index (κ2) is 11.3. The van der Waals surface area contributed by atoms with E-state index >= 15 is 0 Å². The molecule has 0 radical (unpaired) electrons. The Morgan fingerprint density at radius 2 is 1.77 bits per heavy atom. The van der Waals surface area contributed by atoms with Gasteiger partial charge >= 0.3 is 0 Å². The summed E-state index contributed by atoms with van der Waals surface area (Å²) < 4.78 is 33.9. The molecule has 2 aromatic carbocycles. The number of carbonyl (C=O) groups excluding carboxylic acids is 2. The molecule has 0 aliphatic carbocycles. The van der Waals surface area contributed by atoms with Gasteiger partial charge in [0.1, 0.15) is 17.6 Å². The molecule has 0 unspecified atom stereocenters. The van der Waals surface area contributed by atoms with E-state index < -0.39 is 16.1 Å². The van der Waals surface area contributed by atoms with Crippen LogP contribution < -0.4 is 10.1 Å². The minimum atomic E-state index is -3.73. The van der Waals surface area contributed by atoms with E-state index in [1.807, 2.05) is 35.9 Å². The van der Waals surface area contributed by atoms with Crippen molar-refractivity contribution in [1.29, 1.82) is 0 Å². The zero-order valence-electron chi connectivity index (χ0n) is 20.3. The molecule has 0 fully saturated rings. The van der Waals surface area contributed by atoms with Gasteiger partial charge in [0.2, 0.25) is 15.9 Å². The summed E-state index contributed by atoms with van der Waals surface area (Å²) in [7, 11) is 1.19. The van der Waals surface area contributed by atoms with Gasteiger partial charge in [-0.3, -0.25) is 9.59 Å². The number of sulfonamides is 1. The minimum absolute atomic E-state index is 0.101. The lowest BCUT2D eigenvalue weighted by atomic mass is 10.1. The molecule has 0 saturated heterocycles. The molecule has 1 amide bonds. The fraction of sp³-hybridized carbons (Fsp3) is 0.320. The maximum atomic E-state index is 12.8. The Balaban J connectivity index is 1.63. The Kier molecular flexibility index (Phi) is 8.42. The minimum Gasteiger partial charge on any atom is -0.497 e. The van der Waals surface area contributed by atoms with E-state index in [2.05, 4.69) is 10.3 Å². The number of amides is 1. The molecule has 1 N–H and O–H groups in total. The van der Waals surface area contributed by atoms with Crippen LogP contribution in [0.3, 0.4) is 0 Å². The second-order valence-electron chi connectivity index (χ2n) is 8.18. The van der Waals surface area contributed by atoms with Crippen molar-refractivity contribution in [3.8, 4) is 5.75 Å². The summed E-state index contributed by atoms with van der Waals surface area (Å²) in [5, 5.41) is 3.01. The van der Waals surface area contributed by atoms with Crippen LogP contribution in [0, 0.1) is 0 Å². The van der Waals surface area contributed by atoms with E-state index in [9.17, 15) is 18.0 Å². The molecule has 0 aliphatic rings. The van der Waals surface area contributed by atoms with Crippen molar-refractivity contribution in [2.75, 3.05) is 20.7 Å². The molecule has 1 aromatic heterocycles. The average Bonchev–Trinajstić information content (AvgIpc) is 3.28. The van der Waals surface area contributed by atoms with Crippen LogP contribution in [0.1, 0.15) is 47.6 Å². The predicted molar refractivity (Wildman–Crippen MR) is 132 cm³/mol. The molecule has 186 valence electrons. The highest BCUT2D eigenvalue weighted by molar-refractivity contribution is 7.89. The smallest absolute Gasteiger partial charge is 0.242 e. The number of ether oxygens (including phenoxy) is 1. The van der Waals surface area contributed by atoms with Crippen LogP contribution in [0.25, 0.3) is 0 Å². The number of methoxy groups -OCH3 is 1. The lowest BCUT2D eigenvalue weighted by molar-refractivity contribution is -0.121. The van der Waals surface area contributed by atoms with E-state index in [1.54, 1.807) is 19.5 Å². The maximum absolute atomic E-state index is 12.8. The third kappa shape index (κ3) is 6.34. The Labute approximate surface area is 205 Å². The van der Waals surface area contributed by atoms with Crippen LogP contribution in [-0.4, -0.2) is 54.7 Å². The average molecular weight is 499 g/mol.